The molecule has 154 valence electrons. The Morgan fingerprint density at radius 1 is 1.39 bits per heavy atom. The number of imidazole rings is 1. The summed E-state index contributed by atoms with van der Waals surface area (Å²) in [7, 11) is 1.70. The van der Waals surface area contributed by atoms with Crippen LogP contribution in [-0.4, -0.2) is 52.0 Å². The number of halogens is 1. The molecule has 1 N–H and O–H groups in total. The van der Waals surface area contributed by atoms with Crippen molar-refractivity contribution >= 4 is 28.7 Å². The van der Waals surface area contributed by atoms with E-state index in [-0.39, 0.29) is 17.4 Å². The van der Waals surface area contributed by atoms with Crippen molar-refractivity contribution in [2.45, 2.75) is 58.5 Å². The number of aryl methyl sites for hydroxylation is 1. The lowest BCUT2D eigenvalue weighted by molar-refractivity contribution is 0.0429. The maximum atomic E-state index is 12.0. The van der Waals surface area contributed by atoms with Gasteiger partial charge in [0.1, 0.15) is 11.3 Å². The molecule has 0 aliphatic carbocycles. The summed E-state index contributed by atoms with van der Waals surface area (Å²) >= 11 is 6.44. The normalized spacial score (nSPS) is 20.7. The number of aromatic nitrogens is 2. The fourth-order valence-corrected chi connectivity index (χ4v) is 4.78. The summed E-state index contributed by atoms with van der Waals surface area (Å²) in [6, 6.07) is 5.69. The standard InChI is InChI=1S/C21H30ClN3O3/c1-21(2,3)18-14(8-6-11-25(18)20(26)27)19-23-17-15(22)9-5-10-16(17)24(19)12-7-13-28-4/h5,9-10,14,18H,6-8,11-13H2,1-4H3,(H,26,27). The number of ether oxygens (including phenoxy) is 1. The number of carboxylic acid groups (broad SMARTS) is 1. The molecule has 2 atom stereocenters. The molecule has 1 aromatic heterocycles. The van der Waals surface area contributed by atoms with Crippen LogP contribution in [0.4, 0.5) is 4.79 Å². The highest BCUT2D eigenvalue weighted by Crippen LogP contribution is 2.42. The number of methoxy groups -OCH3 is 1. The number of benzene rings is 1. The molecule has 0 radical (unpaired) electrons. The van der Waals surface area contributed by atoms with Crippen LogP contribution in [0.5, 0.6) is 0 Å². The molecular formula is C21H30ClN3O3. The largest absolute Gasteiger partial charge is 0.465 e. The summed E-state index contributed by atoms with van der Waals surface area (Å²) in [6.45, 7) is 8.32. The first-order valence-electron chi connectivity index (χ1n) is 9.89. The van der Waals surface area contributed by atoms with Gasteiger partial charge in [0.25, 0.3) is 0 Å². The minimum atomic E-state index is -0.857. The zero-order valence-electron chi connectivity index (χ0n) is 17.1. The predicted molar refractivity (Wildman–Crippen MR) is 111 cm³/mol. The minimum absolute atomic E-state index is 0.0239. The number of hydrogen-bond donors (Lipinski definition) is 1. The van der Waals surface area contributed by atoms with Gasteiger partial charge in [-0.05, 0) is 36.8 Å². The first-order valence-corrected chi connectivity index (χ1v) is 10.3. The lowest BCUT2D eigenvalue weighted by Crippen LogP contribution is -2.53. The van der Waals surface area contributed by atoms with Crippen molar-refractivity contribution in [1.82, 2.24) is 14.5 Å². The number of nitrogens with zero attached hydrogens (tertiary/aromatic N) is 3. The number of rotatable bonds is 5. The van der Waals surface area contributed by atoms with E-state index in [9.17, 15) is 9.90 Å². The van der Waals surface area contributed by atoms with Gasteiger partial charge in [-0.2, -0.15) is 0 Å². The zero-order valence-corrected chi connectivity index (χ0v) is 17.9. The van der Waals surface area contributed by atoms with Gasteiger partial charge in [0, 0.05) is 38.8 Å². The molecule has 1 amide bonds. The Morgan fingerprint density at radius 3 is 2.79 bits per heavy atom. The van der Waals surface area contributed by atoms with Crippen molar-refractivity contribution in [3.63, 3.8) is 0 Å². The Morgan fingerprint density at radius 2 is 2.14 bits per heavy atom. The molecule has 0 spiro atoms. The topological polar surface area (TPSA) is 67.6 Å². The van der Waals surface area contributed by atoms with Crippen LogP contribution in [0.1, 0.15) is 51.8 Å². The van der Waals surface area contributed by atoms with Gasteiger partial charge < -0.3 is 19.3 Å². The summed E-state index contributed by atoms with van der Waals surface area (Å²) in [5, 5.41) is 10.5. The fourth-order valence-electron chi connectivity index (χ4n) is 4.57. The number of para-hydroxylation sites is 1. The Labute approximate surface area is 171 Å². The molecule has 0 saturated carbocycles. The number of amides is 1. The molecular weight excluding hydrogens is 378 g/mol. The van der Waals surface area contributed by atoms with Crippen LogP contribution in [0.15, 0.2) is 18.2 Å². The summed E-state index contributed by atoms with van der Waals surface area (Å²) in [6.07, 6.45) is 1.75. The van der Waals surface area contributed by atoms with Gasteiger partial charge in [-0.3, -0.25) is 0 Å². The van der Waals surface area contributed by atoms with Crippen molar-refractivity contribution < 1.29 is 14.6 Å². The first kappa shape index (κ1) is 20.9. The Bertz CT molecular complexity index is 843. The lowest BCUT2D eigenvalue weighted by atomic mass is 9.73. The molecule has 2 unspecified atom stereocenters. The number of hydrogen-bond acceptors (Lipinski definition) is 3. The molecule has 1 fully saturated rings. The first-order chi connectivity index (χ1) is 13.3. The molecule has 7 heteroatoms. The average Bonchev–Trinajstić information content (AvgIpc) is 3.00. The molecule has 6 nitrogen and oxygen atoms in total. The molecule has 2 heterocycles. The maximum absolute atomic E-state index is 12.0. The van der Waals surface area contributed by atoms with E-state index in [2.05, 4.69) is 25.3 Å². The van der Waals surface area contributed by atoms with Gasteiger partial charge in [0.15, 0.2) is 0 Å². The van der Waals surface area contributed by atoms with Crippen LogP contribution in [-0.2, 0) is 11.3 Å². The van der Waals surface area contributed by atoms with E-state index in [1.807, 2.05) is 18.2 Å². The highest BCUT2D eigenvalue weighted by atomic mass is 35.5. The van der Waals surface area contributed by atoms with Crippen LogP contribution < -0.4 is 0 Å². The number of fused-ring (bicyclic) bond motifs is 1. The predicted octanol–water partition coefficient (Wildman–Crippen LogP) is 5.00. The second kappa shape index (κ2) is 8.29. The quantitative estimate of drug-likeness (QED) is 0.708. The molecule has 0 bridgehead atoms. The fraction of sp³-hybridized carbons (Fsp3) is 0.619. The van der Waals surface area contributed by atoms with Gasteiger partial charge >= 0.3 is 6.09 Å². The Kier molecular flexibility index (Phi) is 6.20. The van der Waals surface area contributed by atoms with Gasteiger partial charge in [0.05, 0.1) is 10.5 Å². The monoisotopic (exact) mass is 407 g/mol. The third kappa shape index (κ3) is 3.98. The maximum Gasteiger partial charge on any atom is 0.407 e. The van der Waals surface area contributed by atoms with Crippen molar-refractivity contribution in [3.8, 4) is 0 Å². The van der Waals surface area contributed by atoms with Gasteiger partial charge in [-0.15, -0.1) is 0 Å². The van der Waals surface area contributed by atoms with E-state index >= 15 is 0 Å². The summed E-state index contributed by atoms with van der Waals surface area (Å²) in [5.41, 5.74) is 1.58. The number of carbonyl (C=O) groups is 1. The van der Waals surface area contributed by atoms with Crippen molar-refractivity contribution in [1.29, 1.82) is 0 Å². The molecule has 1 aliphatic heterocycles. The summed E-state index contributed by atoms with van der Waals surface area (Å²) < 4.78 is 7.46. The third-order valence-corrected chi connectivity index (χ3v) is 5.89. The molecule has 2 aromatic rings. The zero-order chi connectivity index (χ0) is 20.5. The highest BCUT2D eigenvalue weighted by molar-refractivity contribution is 6.34. The van der Waals surface area contributed by atoms with E-state index in [1.165, 1.54) is 0 Å². The third-order valence-electron chi connectivity index (χ3n) is 5.59. The average molecular weight is 408 g/mol. The van der Waals surface area contributed by atoms with Crippen molar-refractivity contribution in [2.75, 3.05) is 20.3 Å². The van der Waals surface area contributed by atoms with Crippen LogP contribution >= 0.6 is 11.6 Å². The highest BCUT2D eigenvalue weighted by Gasteiger charge is 2.44. The van der Waals surface area contributed by atoms with E-state index in [0.29, 0.717) is 18.2 Å². The lowest BCUT2D eigenvalue weighted by Gasteiger charge is -2.46. The van der Waals surface area contributed by atoms with Gasteiger partial charge in [-0.1, -0.05) is 38.4 Å². The Balaban J connectivity index is 2.12. The molecule has 1 aliphatic rings. The van der Waals surface area contributed by atoms with Crippen molar-refractivity contribution in [3.05, 3.63) is 29.0 Å². The summed E-state index contributed by atoms with van der Waals surface area (Å²) in [5.74, 6) is 0.959. The van der Waals surface area contributed by atoms with Crippen LogP contribution in [0, 0.1) is 5.41 Å². The van der Waals surface area contributed by atoms with Crippen LogP contribution in [0.3, 0.4) is 0 Å². The minimum Gasteiger partial charge on any atom is -0.465 e. The Hall–Kier alpha value is -1.79. The second-order valence-electron chi connectivity index (χ2n) is 8.61. The molecule has 1 saturated heterocycles. The molecule has 28 heavy (non-hydrogen) atoms. The SMILES string of the molecule is COCCCn1c(C2CCCN(C(=O)O)C2C(C)(C)C)nc2c(Cl)cccc21. The van der Waals surface area contributed by atoms with Crippen LogP contribution in [0.2, 0.25) is 5.02 Å². The van der Waals surface area contributed by atoms with Gasteiger partial charge in [0.2, 0.25) is 0 Å². The number of likely N-dealkylation sites (tertiary alicyclic amines) is 1. The molecule has 3 rings (SSSR count). The second-order valence-corrected chi connectivity index (χ2v) is 9.02. The van der Waals surface area contributed by atoms with Gasteiger partial charge in [-0.25, -0.2) is 9.78 Å². The summed E-state index contributed by atoms with van der Waals surface area (Å²) in [4.78, 5) is 18.5. The van der Waals surface area contributed by atoms with Crippen LogP contribution in [0.25, 0.3) is 11.0 Å². The van der Waals surface area contributed by atoms with E-state index in [0.717, 1.165) is 42.7 Å². The van der Waals surface area contributed by atoms with Crippen molar-refractivity contribution in [2.24, 2.45) is 5.41 Å². The molecule has 1 aromatic carbocycles. The van der Waals surface area contributed by atoms with E-state index in [1.54, 1.807) is 12.0 Å². The number of piperidine rings is 1. The van der Waals surface area contributed by atoms with E-state index in [4.69, 9.17) is 21.3 Å². The smallest absolute Gasteiger partial charge is 0.407 e. The van der Waals surface area contributed by atoms with E-state index < -0.39 is 6.09 Å².